The molecule has 1 nitrogen and oxygen atoms in total. The Morgan fingerprint density at radius 2 is 1.09 bits per heavy atom. The summed E-state index contributed by atoms with van der Waals surface area (Å²) in [5.41, 5.74) is 10.9. The summed E-state index contributed by atoms with van der Waals surface area (Å²) in [7, 11) is 0. The lowest BCUT2D eigenvalue weighted by molar-refractivity contribution is 0.125. The van der Waals surface area contributed by atoms with E-state index in [1.54, 1.807) is 0 Å². The molecule has 35 heavy (non-hydrogen) atoms. The van der Waals surface area contributed by atoms with Gasteiger partial charge in [-0.15, -0.1) is 0 Å². The molecule has 1 heteroatoms. The van der Waals surface area contributed by atoms with Crippen molar-refractivity contribution in [3.05, 3.63) is 102 Å². The molecule has 0 aliphatic heterocycles. The summed E-state index contributed by atoms with van der Waals surface area (Å²) in [6, 6.07) is 31.7. The molecular formula is C34H35N. The molecule has 0 bridgehead atoms. The highest BCUT2D eigenvalue weighted by molar-refractivity contribution is 6.10. The number of rotatable bonds is 2. The number of para-hydroxylation sites is 1. The Hall–Kier alpha value is -3.32. The van der Waals surface area contributed by atoms with E-state index in [1.165, 1.54) is 55.3 Å². The second kappa shape index (κ2) is 7.10. The van der Waals surface area contributed by atoms with Crippen molar-refractivity contribution < 1.29 is 0 Å². The molecule has 0 atom stereocenters. The molecule has 0 spiro atoms. The maximum absolute atomic E-state index is 2.50. The van der Waals surface area contributed by atoms with Gasteiger partial charge in [-0.3, -0.25) is 0 Å². The van der Waals surface area contributed by atoms with Crippen LogP contribution in [-0.2, 0) is 10.8 Å². The maximum Gasteiger partial charge on any atom is 0.0544 e. The van der Waals surface area contributed by atoms with Crippen LogP contribution in [0.3, 0.4) is 0 Å². The van der Waals surface area contributed by atoms with E-state index in [0.29, 0.717) is 0 Å². The molecule has 1 aliphatic rings. The smallest absolute Gasteiger partial charge is 0.0544 e. The van der Waals surface area contributed by atoms with Crippen LogP contribution in [0.5, 0.6) is 0 Å². The predicted octanol–water partition coefficient (Wildman–Crippen LogP) is 9.35. The zero-order valence-corrected chi connectivity index (χ0v) is 22.0. The van der Waals surface area contributed by atoms with Crippen molar-refractivity contribution >= 4 is 21.8 Å². The van der Waals surface area contributed by atoms with Crippen LogP contribution >= 0.6 is 0 Å². The number of hydrogen-bond acceptors (Lipinski definition) is 0. The minimum absolute atomic E-state index is 0.0800. The van der Waals surface area contributed by atoms with Crippen LogP contribution in [0, 0.1) is 12.3 Å². The van der Waals surface area contributed by atoms with Crippen molar-refractivity contribution in [2.75, 3.05) is 0 Å². The molecule has 1 heterocycles. The number of fused-ring (bicyclic) bond motifs is 4. The lowest BCUT2D eigenvalue weighted by atomic mass is 9.59. The van der Waals surface area contributed by atoms with Crippen molar-refractivity contribution in [1.82, 2.24) is 4.57 Å². The van der Waals surface area contributed by atoms with Crippen LogP contribution in [-0.4, -0.2) is 4.57 Å². The number of benzene rings is 4. The van der Waals surface area contributed by atoms with E-state index >= 15 is 0 Å². The highest BCUT2D eigenvalue weighted by atomic mass is 15.0. The molecular weight excluding hydrogens is 422 g/mol. The van der Waals surface area contributed by atoms with Crippen LogP contribution in [0.25, 0.3) is 38.6 Å². The second-order valence-corrected chi connectivity index (χ2v) is 12.1. The first-order valence-electron chi connectivity index (χ1n) is 12.8. The van der Waals surface area contributed by atoms with Crippen molar-refractivity contribution in [3.8, 4) is 16.8 Å². The third-order valence-electron chi connectivity index (χ3n) is 9.79. The van der Waals surface area contributed by atoms with Gasteiger partial charge >= 0.3 is 0 Å². The summed E-state index contributed by atoms with van der Waals surface area (Å²) in [6.45, 7) is 16.7. The SMILES string of the molecule is Cc1ccc(-c2ccc(-n3c4ccccc4c4cc5c(cc43)C(C)(C)C(C)(C)C5(C)C)cc2)cc1. The van der Waals surface area contributed by atoms with Crippen LogP contribution in [0.15, 0.2) is 84.9 Å². The first-order valence-corrected chi connectivity index (χ1v) is 12.8. The zero-order valence-electron chi connectivity index (χ0n) is 22.0. The Balaban J connectivity index is 1.60. The van der Waals surface area contributed by atoms with E-state index in [4.69, 9.17) is 0 Å². The maximum atomic E-state index is 2.50. The van der Waals surface area contributed by atoms with Gasteiger partial charge in [-0.1, -0.05) is 102 Å². The van der Waals surface area contributed by atoms with Gasteiger partial charge in [0.05, 0.1) is 11.0 Å². The third kappa shape index (κ3) is 2.88. The van der Waals surface area contributed by atoms with Crippen LogP contribution < -0.4 is 0 Å². The van der Waals surface area contributed by atoms with Crippen molar-refractivity contribution in [1.29, 1.82) is 0 Å². The summed E-state index contributed by atoms with van der Waals surface area (Å²) in [5.74, 6) is 0. The molecule has 0 saturated carbocycles. The van der Waals surface area contributed by atoms with Gasteiger partial charge in [0, 0.05) is 16.5 Å². The van der Waals surface area contributed by atoms with Crippen LogP contribution in [0.2, 0.25) is 0 Å². The molecule has 0 radical (unpaired) electrons. The topological polar surface area (TPSA) is 4.93 Å². The summed E-state index contributed by atoms with van der Waals surface area (Å²) < 4.78 is 2.46. The van der Waals surface area contributed by atoms with Gasteiger partial charge in [-0.05, 0) is 75.8 Å². The monoisotopic (exact) mass is 457 g/mol. The lowest BCUT2D eigenvalue weighted by Crippen LogP contribution is -2.42. The van der Waals surface area contributed by atoms with E-state index in [2.05, 4.69) is 138 Å². The summed E-state index contributed by atoms with van der Waals surface area (Å²) >= 11 is 0. The summed E-state index contributed by atoms with van der Waals surface area (Å²) in [6.07, 6.45) is 0. The minimum Gasteiger partial charge on any atom is -0.309 e. The number of aromatic nitrogens is 1. The summed E-state index contributed by atoms with van der Waals surface area (Å²) in [4.78, 5) is 0. The van der Waals surface area contributed by atoms with Gasteiger partial charge in [-0.25, -0.2) is 0 Å². The average molecular weight is 458 g/mol. The molecule has 0 unspecified atom stereocenters. The first kappa shape index (κ1) is 22.2. The van der Waals surface area contributed by atoms with Crippen LogP contribution in [0.4, 0.5) is 0 Å². The van der Waals surface area contributed by atoms with Crippen molar-refractivity contribution in [2.24, 2.45) is 5.41 Å². The Morgan fingerprint density at radius 3 is 1.71 bits per heavy atom. The Kier molecular flexibility index (Phi) is 4.50. The fraction of sp³-hybridized carbons (Fsp3) is 0.294. The third-order valence-corrected chi connectivity index (χ3v) is 9.79. The molecule has 1 aliphatic carbocycles. The normalized spacial score (nSPS) is 17.7. The van der Waals surface area contributed by atoms with Crippen molar-refractivity contribution in [2.45, 2.75) is 59.3 Å². The van der Waals surface area contributed by atoms with Crippen LogP contribution in [0.1, 0.15) is 58.2 Å². The van der Waals surface area contributed by atoms with Gasteiger partial charge < -0.3 is 4.57 Å². The number of hydrogen-bond donors (Lipinski definition) is 0. The number of aryl methyl sites for hydroxylation is 1. The molecule has 176 valence electrons. The van der Waals surface area contributed by atoms with Gasteiger partial charge in [0.1, 0.15) is 0 Å². The Bertz CT molecular complexity index is 1590. The highest BCUT2D eigenvalue weighted by Gasteiger charge is 2.56. The Labute approximate surface area is 209 Å². The Morgan fingerprint density at radius 1 is 0.543 bits per heavy atom. The van der Waals surface area contributed by atoms with E-state index in [9.17, 15) is 0 Å². The molecule has 6 rings (SSSR count). The average Bonchev–Trinajstić information content (AvgIpc) is 3.21. The van der Waals surface area contributed by atoms with Gasteiger partial charge in [0.25, 0.3) is 0 Å². The molecule has 0 fully saturated rings. The van der Waals surface area contributed by atoms with Gasteiger partial charge in [0.15, 0.2) is 0 Å². The quantitative estimate of drug-likeness (QED) is 0.249. The van der Waals surface area contributed by atoms with Crippen molar-refractivity contribution in [3.63, 3.8) is 0 Å². The summed E-state index contributed by atoms with van der Waals surface area (Å²) in [5, 5.41) is 2.68. The van der Waals surface area contributed by atoms with E-state index < -0.39 is 0 Å². The van der Waals surface area contributed by atoms with Gasteiger partial charge in [-0.2, -0.15) is 0 Å². The molecule has 0 amide bonds. The fourth-order valence-electron chi connectivity index (χ4n) is 6.33. The lowest BCUT2D eigenvalue weighted by Gasteiger charge is -2.44. The zero-order chi connectivity index (χ0) is 24.8. The minimum atomic E-state index is 0.0800. The van der Waals surface area contributed by atoms with E-state index in [-0.39, 0.29) is 16.2 Å². The molecule has 5 aromatic rings. The molecule has 0 N–H and O–H groups in total. The molecule has 4 aromatic carbocycles. The fourth-order valence-corrected chi connectivity index (χ4v) is 6.33. The van der Waals surface area contributed by atoms with E-state index in [1.807, 2.05) is 0 Å². The largest absolute Gasteiger partial charge is 0.309 e. The number of nitrogens with zero attached hydrogens (tertiary/aromatic N) is 1. The van der Waals surface area contributed by atoms with E-state index in [0.717, 1.165) is 0 Å². The second-order valence-electron chi connectivity index (χ2n) is 12.1. The standard InChI is InChI=1S/C34H35N/c1-22-12-14-23(15-13-22)24-16-18-25(19-17-24)35-30-11-9-8-10-26(30)27-20-28-29(21-31(27)35)33(4,5)34(6,7)32(28,2)3/h8-21H,1-7H3. The highest BCUT2D eigenvalue weighted by Crippen LogP contribution is 2.62. The first-order chi connectivity index (χ1) is 16.5. The predicted molar refractivity (Wildman–Crippen MR) is 151 cm³/mol. The molecule has 1 aromatic heterocycles. The molecule has 0 saturated heterocycles. The van der Waals surface area contributed by atoms with Gasteiger partial charge in [0.2, 0.25) is 0 Å².